The molecule has 3 aromatic rings. The van der Waals surface area contributed by atoms with Crippen LogP contribution in [0.5, 0.6) is 0 Å². The zero-order chi connectivity index (χ0) is 15.7. The standard InChI is InChI=1S/C16H13BrN2OS2/c1-9-5-6-12(11(17)8-9)19-15(20)14-10(2)18-16(22-14)13-4-3-7-21-13/h3-8H,1-2H3,(H,19,20). The molecule has 1 N–H and O–H groups in total. The van der Waals surface area contributed by atoms with Gasteiger partial charge in [-0.2, -0.15) is 0 Å². The van der Waals surface area contributed by atoms with Crippen LogP contribution in [0, 0.1) is 13.8 Å². The van der Waals surface area contributed by atoms with Crippen LogP contribution in [0.3, 0.4) is 0 Å². The van der Waals surface area contributed by atoms with Crippen LogP contribution in [0.15, 0.2) is 40.2 Å². The van der Waals surface area contributed by atoms with Crippen LogP contribution in [0.4, 0.5) is 5.69 Å². The van der Waals surface area contributed by atoms with Crippen molar-refractivity contribution in [3.63, 3.8) is 0 Å². The number of nitrogens with one attached hydrogen (secondary N) is 1. The van der Waals surface area contributed by atoms with Crippen molar-refractivity contribution < 1.29 is 4.79 Å². The minimum atomic E-state index is -0.123. The lowest BCUT2D eigenvalue weighted by atomic mass is 10.2. The van der Waals surface area contributed by atoms with Crippen molar-refractivity contribution in [3.8, 4) is 9.88 Å². The highest BCUT2D eigenvalue weighted by Crippen LogP contribution is 2.32. The minimum absolute atomic E-state index is 0.123. The third kappa shape index (κ3) is 3.14. The van der Waals surface area contributed by atoms with Crippen LogP contribution >= 0.6 is 38.6 Å². The molecule has 1 amide bonds. The first-order valence-corrected chi connectivity index (χ1v) is 9.12. The van der Waals surface area contributed by atoms with Crippen LogP contribution in [0.1, 0.15) is 20.9 Å². The van der Waals surface area contributed by atoms with Crippen molar-refractivity contribution >= 4 is 50.2 Å². The van der Waals surface area contributed by atoms with Gasteiger partial charge >= 0.3 is 0 Å². The van der Waals surface area contributed by atoms with Crippen LogP contribution < -0.4 is 5.32 Å². The van der Waals surface area contributed by atoms with Crippen molar-refractivity contribution in [2.45, 2.75) is 13.8 Å². The van der Waals surface area contributed by atoms with E-state index in [4.69, 9.17) is 0 Å². The fraction of sp³-hybridized carbons (Fsp3) is 0.125. The highest BCUT2D eigenvalue weighted by molar-refractivity contribution is 9.10. The third-order valence-electron chi connectivity index (χ3n) is 3.11. The number of aromatic nitrogens is 1. The van der Waals surface area contributed by atoms with Crippen LogP contribution in [-0.4, -0.2) is 10.9 Å². The second-order valence-corrected chi connectivity index (χ2v) is 7.65. The Bertz CT molecular complexity index is 825. The molecule has 0 bridgehead atoms. The number of hydrogen-bond donors (Lipinski definition) is 1. The molecule has 0 aliphatic carbocycles. The third-order valence-corrected chi connectivity index (χ3v) is 5.96. The summed E-state index contributed by atoms with van der Waals surface area (Å²) in [4.78, 5) is 18.7. The van der Waals surface area contributed by atoms with E-state index >= 15 is 0 Å². The monoisotopic (exact) mass is 392 g/mol. The number of anilines is 1. The maximum Gasteiger partial charge on any atom is 0.267 e. The molecule has 3 nitrogen and oxygen atoms in total. The largest absolute Gasteiger partial charge is 0.320 e. The molecule has 0 unspecified atom stereocenters. The molecule has 112 valence electrons. The lowest BCUT2D eigenvalue weighted by Gasteiger charge is -2.07. The Morgan fingerprint density at radius 3 is 2.77 bits per heavy atom. The predicted octanol–water partition coefficient (Wildman–Crippen LogP) is 5.50. The number of amides is 1. The molecule has 0 atom stereocenters. The molecule has 0 aliphatic rings. The fourth-order valence-corrected chi connectivity index (χ4v) is 4.36. The summed E-state index contributed by atoms with van der Waals surface area (Å²) in [5.41, 5.74) is 2.66. The quantitative estimate of drug-likeness (QED) is 0.638. The molecule has 22 heavy (non-hydrogen) atoms. The topological polar surface area (TPSA) is 42.0 Å². The zero-order valence-corrected chi connectivity index (χ0v) is 15.2. The first-order valence-electron chi connectivity index (χ1n) is 6.63. The molecule has 0 spiro atoms. The fourth-order valence-electron chi connectivity index (χ4n) is 2.01. The van der Waals surface area contributed by atoms with Gasteiger partial charge in [0.05, 0.1) is 16.3 Å². The Kier molecular flexibility index (Phi) is 4.42. The number of carbonyl (C=O) groups excluding carboxylic acids is 1. The number of carbonyl (C=O) groups is 1. The Balaban J connectivity index is 1.86. The van der Waals surface area contributed by atoms with Gasteiger partial charge in [-0.15, -0.1) is 22.7 Å². The number of thiazole rings is 1. The van der Waals surface area contributed by atoms with Crippen LogP contribution in [-0.2, 0) is 0 Å². The molecule has 2 heterocycles. The van der Waals surface area contributed by atoms with E-state index in [0.29, 0.717) is 4.88 Å². The molecule has 0 radical (unpaired) electrons. The van der Waals surface area contributed by atoms with Gasteiger partial charge in [0, 0.05) is 4.47 Å². The van der Waals surface area contributed by atoms with Gasteiger partial charge in [0.15, 0.2) is 0 Å². The minimum Gasteiger partial charge on any atom is -0.320 e. The van der Waals surface area contributed by atoms with Gasteiger partial charge in [-0.1, -0.05) is 12.1 Å². The first-order chi connectivity index (χ1) is 10.5. The first kappa shape index (κ1) is 15.4. The summed E-state index contributed by atoms with van der Waals surface area (Å²) >= 11 is 6.53. The molecule has 0 saturated heterocycles. The van der Waals surface area contributed by atoms with Crippen molar-refractivity contribution in [3.05, 3.63) is 56.3 Å². The SMILES string of the molecule is Cc1ccc(NC(=O)c2sc(-c3cccs3)nc2C)c(Br)c1. The van der Waals surface area contributed by atoms with Gasteiger partial charge in [-0.05, 0) is 58.9 Å². The number of benzene rings is 1. The Morgan fingerprint density at radius 2 is 2.09 bits per heavy atom. The molecular weight excluding hydrogens is 380 g/mol. The number of thiophene rings is 1. The molecule has 6 heteroatoms. The molecule has 0 saturated carbocycles. The van der Waals surface area contributed by atoms with E-state index < -0.39 is 0 Å². The normalized spacial score (nSPS) is 10.7. The number of rotatable bonds is 3. The molecular formula is C16H13BrN2OS2. The Labute approximate surface area is 145 Å². The van der Waals surface area contributed by atoms with Gasteiger partial charge < -0.3 is 5.32 Å². The van der Waals surface area contributed by atoms with Crippen molar-refractivity contribution in [1.29, 1.82) is 0 Å². The predicted molar refractivity (Wildman–Crippen MR) is 97.0 cm³/mol. The number of aryl methyl sites for hydroxylation is 2. The lowest BCUT2D eigenvalue weighted by molar-refractivity contribution is 0.102. The van der Waals surface area contributed by atoms with Gasteiger partial charge in [-0.25, -0.2) is 4.98 Å². The highest BCUT2D eigenvalue weighted by atomic mass is 79.9. The van der Waals surface area contributed by atoms with Crippen LogP contribution in [0.25, 0.3) is 9.88 Å². The van der Waals surface area contributed by atoms with Crippen molar-refractivity contribution in [2.24, 2.45) is 0 Å². The maximum absolute atomic E-state index is 12.5. The second kappa shape index (κ2) is 6.32. The zero-order valence-electron chi connectivity index (χ0n) is 12.0. The molecule has 0 fully saturated rings. The van der Waals surface area contributed by atoms with E-state index in [1.807, 2.05) is 49.6 Å². The molecule has 2 aromatic heterocycles. The summed E-state index contributed by atoms with van der Waals surface area (Å²) in [7, 11) is 0. The van der Waals surface area contributed by atoms with E-state index in [1.165, 1.54) is 11.3 Å². The van der Waals surface area contributed by atoms with Gasteiger partial charge in [0.1, 0.15) is 9.88 Å². The number of nitrogens with zero attached hydrogens (tertiary/aromatic N) is 1. The Hall–Kier alpha value is -1.50. The number of hydrogen-bond acceptors (Lipinski definition) is 4. The van der Waals surface area contributed by atoms with Gasteiger partial charge in [-0.3, -0.25) is 4.79 Å². The Morgan fingerprint density at radius 1 is 1.27 bits per heavy atom. The smallest absolute Gasteiger partial charge is 0.267 e. The summed E-state index contributed by atoms with van der Waals surface area (Å²) in [6, 6.07) is 9.85. The second-order valence-electron chi connectivity index (χ2n) is 4.85. The molecule has 3 rings (SSSR count). The van der Waals surface area contributed by atoms with Crippen molar-refractivity contribution in [1.82, 2.24) is 4.98 Å². The molecule has 1 aromatic carbocycles. The van der Waals surface area contributed by atoms with Crippen molar-refractivity contribution in [2.75, 3.05) is 5.32 Å². The number of halogens is 1. The van der Waals surface area contributed by atoms with Gasteiger partial charge in [0.2, 0.25) is 0 Å². The average Bonchev–Trinajstić information content (AvgIpc) is 3.10. The maximum atomic E-state index is 12.5. The van der Waals surface area contributed by atoms with E-state index in [1.54, 1.807) is 11.3 Å². The average molecular weight is 393 g/mol. The summed E-state index contributed by atoms with van der Waals surface area (Å²) < 4.78 is 0.876. The summed E-state index contributed by atoms with van der Waals surface area (Å²) in [5, 5.41) is 5.84. The van der Waals surface area contributed by atoms with E-state index in [9.17, 15) is 4.79 Å². The van der Waals surface area contributed by atoms with E-state index in [-0.39, 0.29) is 5.91 Å². The lowest BCUT2D eigenvalue weighted by Crippen LogP contribution is -2.12. The van der Waals surface area contributed by atoms with Gasteiger partial charge in [0.25, 0.3) is 5.91 Å². The van der Waals surface area contributed by atoms with E-state index in [0.717, 1.165) is 31.3 Å². The van der Waals surface area contributed by atoms with Crippen LogP contribution in [0.2, 0.25) is 0 Å². The van der Waals surface area contributed by atoms with E-state index in [2.05, 4.69) is 26.2 Å². The highest BCUT2D eigenvalue weighted by Gasteiger charge is 2.17. The summed E-state index contributed by atoms with van der Waals surface area (Å²) in [6.45, 7) is 3.88. The molecule has 0 aliphatic heterocycles. The summed E-state index contributed by atoms with van der Waals surface area (Å²) in [5.74, 6) is -0.123. The summed E-state index contributed by atoms with van der Waals surface area (Å²) in [6.07, 6.45) is 0.